The van der Waals surface area contributed by atoms with Crippen molar-refractivity contribution in [1.82, 2.24) is 0 Å². The zero-order valence-electron chi connectivity index (χ0n) is 30.0. The summed E-state index contributed by atoms with van der Waals surface area (Å²) in [7, 11) is 4.80. The summed E-state index contributed by atoms with van der Waals surface area (Å²) in [5, 5.41) is 0. The molecule has 5 fully saturated rings. The standard InChI is InChI=1S/C37H52Cl2O11/c1-8-19-10-9-11-26(48-18(4)40)16(2)31(42)25-14-22-21-12-20(50-36-34(46-7)33(45-6)32(44-5)17(3)47-36)13-24(21)30-29(35(43)37(30,38)39)28(22)23(25)15-27(41)49-19/h14,16-17,19-24,26,28-30,32-34,36H,8-13,15H2,1-7H3/t16-,17+,19+,20+,21+,22+,23-,24-,26+,28-,29-,30+,32+,33-,34-,36+/m1/s1. The summed E-state index contributed by atoms with van der Waals surface area (Å²) in [5.74, 6) is -4.00. The fourth-order valence-corrected chi connectivity index (χ4v) is 11.3. The van der Waals surface area contributed by atoms with E-state index in [-0.39, 0.29) is 78.0 Å². The van der Waals surface area contributed by atoms with E-state index in [0.29, 0.717) is 44.1 Å². The Bertz CT molecular complexity index is 1350. The number of Topliss-reactive ketones (excluding diaryl/α,β-unsaturated/α-hetero) is 2. The van der Waals surface area contributed by atoms with E-state index in [1.807, 2.05) is 19.9 Å². The minimum absolute atomic E-state index is 0.0225. The topological polar surface area (TPSA) is 133 Å². The first-order valence-electron chi connectivity index (χ1n) is 18.2. The molecule has 0 amide bonds. The van der Waals surface area contributed by atoms with Gasteiger partial charge in [0.15, 0.2) is 22.2 Å². The summed E-state index contributed by atoms with van der Waals surface area (Å²) in [6.45, 7) is 7.01. The van der Waals surface area contributed by atoms with Gasteiger partial charge in [-0.05, 0) is 74.7 Å². The Kier molecular flexibility index (Phi) is 11.5. The quantitative estimate of drug-likeness (QED) is 0.258. The largest absolute Gasteiger partial charge is 0.462 e. The Balaban J connectivity index is 1.33. The maximum absolute atomic E-state index is 14.4. The van der Waals surface area contributed by atoms with Gasteiger partial charge in [-0.1, -0.05) is 43.1 Å². The Hall–Kier alpha value is -1.60. The van der Waals surface area contributed by atoms with Crippen LogP contribution in [0.4, 0.5) is 0 Å². The number of hydrogen-bond acceptors (Lipinski definition) is 11. The van der Waals surface area contributed by atoms with Gasteiger partial charge in [-0.2, -0.15) is 0 Å². The molecule has 11 nitrogen and oxygen atoms in total. The second kappa shape index (κ2) is 15.0. The van der Waals surface area contributed by atoms with Crippen LogP contribution in [0.5, 0.6) is 0 Å². The number of allylic oxidation sites excluding steroid dienone is 2. The number of ketones is 2. The van der Waals surface area contributed by atoms with Crippen LogP contribution in [-0.2, 0) is 52.3 Å². The molecule has 0 spiro atoms. The fourth-order valence-electron chi connectivity index (χ4n) is 10.5. The van der Waals surface area contributed by atoms with Crippen molar-refractivity contribution in [2.45, 2.75) is 126 Å². The Morgan fingerprint density at radius 3 is 2.30 bits per heavy atom. The summed E-state index contributed by atoms with van der Waals surface area (Å²) >= 11 is 13.7. The first-order chi connectivity index (χ1) is 23.8. The molecule has 50 heavy (non-hydrogen) atoms. The highest BCUT2D eigenvalue weighted by atomic mass is 35.5. The van der Waals surface area contributed by atoms with Gasteiger partial charge in [0, 0.05) is 46.0 Å². The molecule has 6 rings (SSSR count). The number of rotatable bonds is 7. The summed E-state index contributed by atoms with van der Waals surface area (Å²) < 4.78 is 40.3. The number of halogens is 2. The van der Waals surface area contributed by atoms with Crippen LogP contribution < -0.4 is 0 Å². The highest BCUT2D eigenvalue weighted by Crippen LogP contribution is 2.69. The van der Waals surface area contributed by atoms with E-state index in [1.54, 1.807) is 28.3 Å². The predicted molar refractivity (Wildman–Crippen MR) is 181 cm³/mol. The molecule has 0 unspecified atom stereocenters. The van der Waals surface area contributed by atoms with Crippen LogP contribution in [0.1, 0.15) is 72.6 Å². The van der Waals surface area contributed by atoms with Gasteiger partial charge >= 0.3 is 11.9 Å². The summed E-state index contributed by atoms with van der Waals surface area (Å²) in [4.78, 5) is 53.9. The van der Waals surface area contributed by atoms with Crippen LogP contribution in [0, 0.1) is 47.3 Å². The highest BCUT2D eigenvalue weighted by molar-refractivity contribution is 6.60. The molecule has 4 aliphatic carbocycles. The third-order valence-electron chi connectivity index (χ3n) is 12.7. The lowest BCUT2D eigenvalue weighted by Crippen LogP contribution is -2.66. The van der Waals surface area contributed by atoms with Crippen molar-refractivity contribution in [3.05, 3.63) is 11.6 Å². The number of ether oxygens (including phenoxy) is 7. The van der Waals surface area contributed by atoms with E-state index in [1.165, 1.54) is 6.92 Å². The van der Waals surface area contributed by atoms with Gasteiger partial charge in [0.1, 0.15) is 30.5 Å². The molecule has 2 heterocycles. The molecule has 0 N–H and O–H groups in total. The molecule has 280 valence electrons. The molecule has 2 aliphatic heterocycles. The summed E-state index contributed by atoms with van der Waals surface area (Å²) in [6, 6.07) is 0. The van der Waals surface area contributed by atoms with Crippen molar-refractivity contribution in [2.24, 2.45) is 47.3 Å². The molecule has 0 aromatic heterocycles. The van der Waals surface area contributed by atoms with Gasteiger partial charge in [-0.3, -0.25) is 19.2 Å². The van der Waals surface area contributed by atoms with Crippen molar-refractivity contribution in [1.29, 1.82) is 0 Å². The van der Waals surface area contributed by atoms with E-state index in [4.69, 9.17) is 56.4 Å². The monoisotopic (exact) mass is 742 g/mol. The van der Waals surface area contributed by atoms with Gasteiger partial charge in [0.2, 0.25) is 0 Å². The van der Waals surface area contributed by atoms with E-state index < -0.39 is 52.7 Å². The third-order valence-corrected chi connectivity index (χ3v) is 13.6. The summed E-state index contributed by atoms with van der Waals surface area (Å²) in [6.07, 6.45) is 1.93. The van der Waals surface area contributed by atoms with Gasteiger partial charge < -0.3 is 33.2 Å². The van der Waals surface area contributed by atoms with Crippen molar-refractivity contribution < 1.29 is 52.3 Å². The van der Waals surface area contributed by atoms with Crippen molar-refractivity contribution in [3.8, 4) is 0 Å². The van der Waals surface area contributed by atoms with E-state index >= 15 is 0 Å². The number of alkyl halides is 2. The van der Waals surface area contributed by atoms with Gasteiger partial charge in [-0.25, -0.2) is 0 Å². The van der Waals surface area contributed by atoms with E-state index in [2.05, 4.69) is 0 Å². The predicted octanol–water partition coefficient (Wildman–Crippen LogP) is 5.01. The average molecular weight is 744 g/mol. The molecule has 16 atom stereocenters. The Morgan fingerprint density at radius 2 is 1.66 bits per heavy atom. The van der Waals surface area contributed by atoms with Gasteiger partial charge in [0.25, 0.3) is 0 Å². The fraction of sp³-hybridized carbons (Fsp3) is 0.838. The lowest BCUT2D eigenvalue weighted by Gasteiger charge is -2.59. The molecular formula is C37H52Cl2O11. The highest BCUT2D eigenvalue weighted by Gasteiger charge is 2.73. The second-order valence-corrected chi connectivity index (χ2v) is 16.6. The van der Waals surface area contributed by atoms with Crippen LogP contribution in [0.25, 0.3) is 0 Å². The van der Waals surface area contributed by atoms with Crippen LogP contribution in [0.3, 0.4) is 0 Å². The maximum atomic E-state index is 14.4. The number of fused-ring (bicyclic) bond motifs is 8. The SMILES string of the molecule is CC[C@H]1CCC[C@H](OC(C)=O)[C@@H](C)C(=O)C2=C[C@H]3[C@@H]4C[C@H](O[C@@H]5O[C@@H](C)[C@H](OC)[C@@H](OC)[C@H]5OC)C[C@H]4[C@H]4[C@H](C(=O)C4(Cl)Cl)[C@H]3[C@@H]2CC(=O)O1. The van der Waals surface area contributed by atoms with E-state index in [9.17, 15) is 19.2 Å². The molecule has 0 radical (unpaired) electrons. The van der Waals surface area contributed by atoms with Crippen molar-refractivity contribution in [2.75, 3.05) is 21.3 Å². The van der Waals surface area contributed by atoms with Gasteiger partial charge in [-0.15, -0.1) is 0 Å². The van der Waals surface area contributed by atoms with Crippen LogP contribution in [-0.4, -0.2) is 98.2 Å². The molecule has 2 saturated heterocycles. The molecular weight excluding hydrogens is 691 g/mol. The lowest BCUT2D eigenvalue weighted by molar-refractivity contribution is -0.314. The molecule has 13 heteroatoms. The maximum Gasteiger partial charge on any atom is 0.306 e. The van der Waals surface area contributed by atoms with Crippen molar-refractivity contribution >= 4 is 46.7 Å². The number of carbonyl (C=O) groups is 4. The Labute approximate surface area is 304 Å². The molecule has 0 bridgehead atoms. The zero-order chi connectivity index (χ0) is 36.2. The van der Waals surface area contributed by atoms with Crippen molar-refractivity contribution in [3.63, 3.8) is 0 Å². The normalized spacial score (nSPS) is 45.8. The van der Waals surface area contributed by atoms with Crippen LogP contribution >= 0.6 is 23.2 Å². The molecule has 0 aromatic carbocycles. The Morgan fingerprint density at radius 1 is 0.980 bits per heavy atom. The minimum atomic E-state index is -1.58. The molecule has 6 aliphatic rings. The smallest absolute Gasteiger partial charge is 0.306 e. The summed E-state index contributed by atoms with van der Waals surface area (Å²) in [5.41, 5.74) is 0.505. The first kappa shape index (κ1) is 38.1. The first-order valence-corrected chi connectivity index (χ1v) is 19.0. The minimum Gasteiger partial charge on any atom is -0.462 e. The number of esters is 2. The third kappa shape index (κ3) is 6.60. The molecule has 0 aromatic rings. The number of carbonyl (C=O) groups excluding carboxylic acids is 4. The van der Waals surface area contributed by atoms with Gasteiger partial charge in [0.05, 0.1) is 24.5 Å². The zero-order valence-corrected chi connectivity index (χ0v) is 31.5. The number of cyclic esters (lactones) is 1. The molecule has 3 saturated carbocycles. The van der Waals surface area contributed by atoms with Crippen LogP contribution in [0.15, 0.2) is 11.6 Å². The van der Waals surface area contributed by atoms with E-state index in [0.717, 1.165) is 0 Å². The van der Waals surface area contributed by atoms with Crippen LogP contribution in [0.2, 0.25) is 0 Å². The average Bonchev–Trinajstić information content (AvgIpc) is 3.65. The second-order valence-electron chi connectivity index (χ2n) is 15.2. The number of hydrogen-bond donors (Lipinski definition) is 0. The number of methoxy groups -OCH3 is 3. The lowest BCUT2D eigenvalue weighted by atomic mass is 9.48.